The molecule has 1 atom stereocenters. The maximum absolute atomic E-state index is 12.8. The van der Waals surface area contributed by atoms with E-state index in [1.807, 2.05) is 0 Å². The molecule has 1 aliphatic heterocycles. The molecule has 0 radical (unpaired) electrons. The van der Waals surface area contributed by atoms with Crippen LogP contribution in [0.3, 0.4) is 0 Å². The third-order valence-electron chi connectivity index (χ3n) is 4.75. The van der Waals surface area contributed by atoms with Gasteiger partial charge in [0.2, 0.25) is 5.91 Å². The fourth-order valence-electron chi connectivity index (χ4n) is 3.12. The smallest absolute Gasteiger partial charge is 0.492 e. The van der Waals surface area contributed by atoms with Crippen LogP contribution in [0.15, 0.2) is 48.5 Å². The molecule has 1 unspecified atom stereocenters. The molecule has 2 aromatic carbocycles. The van der Waals surface area contributed by atoms with Crippen LogP contribution in [-0.4, -0.2) is 48.8 Å². The average molecular weight is 486 g/mol. The molecule has 12 heteroatoms. The standard InChI is InChI=1S/C21H19ClF3N3O5/c1-20(13-2-6-16(7-3-13)33-21(23,24)25)18(30)28(19(31)27-20)12-17(29)26-10-11-32-15-8-4-14(22)5-9-15/h2-9H,10-12H2,1H3,(H,26,29)(H,27,31). The fourth-order valence-corrected chi connectivity index (χ4v) is 3.24. The molecule has 2 aromatic rings. The second-order valence-electron chi connectivity index (χ2n) is 7.17. The van der Waals surface area contributed by atoms with Gasteiger partial charge in [-0.15, -0.1) is 13.2 Å². The Balaban J connectivity index is 1.54. The molecular weight excluding hydrogens is 467 g/mol. The molecule has 8 nitrogen and oxygen atoms in total. The number of halogens is 4. The summed E-state index contributed by atoms with van der Waals surface area (Å²) in [6, 6.07) is 10.4. The third-order valence-corrected chi connectivity index (χ3v) is 5.00. The predicted molar refractivity (Wildman–Crippen MR) is 111 cm³/mol. The van der Waals surface area contributed by atoms with Gasteiger partial charge in [0.05, 0.1) is 6.54 Å². The number of nitrogens with zero attached hydrogens (tertiary/aromatic N) is 1. The second kappa shape index (κ2) is 9.57. The van der Waals surface area contributed by atoms with E-state index in [0.29, 0.717) is 10.8 Å². The number of benzene rings is 2. The summed E-state index contributed by atoms with van der Waals surface area (Å²) in [5.74, 6) is -1.21. The minimum atomic E-state index is -4.85. The Morgan fingerprint density at radius 1 is 1.09 bits per heavy atom. The molecular formula is C21H19ClF3N3O5. The molecule has 2 N–H and O–H groups in total. The molecule has 1 fully saturated rings. The summed E-state index contributed by atoms with van der Waals surface area (Å²) in [5.41, 5.74) is -1.32. The number of nitrogens with one attached hydrogen (secondary N) is 2. The Kier molecular flexibility index (Phi) is 7.01. The zero-order valence-corrected chi connectivity index (χ0v) is 18.0. The number of rotatable bonds is 8. The molecule has 0 spiro atoms. The number of alkyl halides is 3. The van der Waals surface area contributed by atoms with Crippen LogP contribution in [0.1, 0.15) is 12.5 Å². The highest BCUT2D eigenvalue weighted by Crippen LogP contribution is 2.31. The number of carbonyl (C=O) groups excluding carboxylic acids is 3. The lowest BCUT2D eigenvalue weighted by atomic mass is 9.92. The number of carbonyl (C=O) groups is 3. The van der Waals surface area contributed by atoms with Crippen LogP contribution in [0.2, 0.25) is 5.02 Å². The molecule has 33 heavy (non-hydrogen) atoms. The number of ether oxygens (including phenoxy) is 2. The molecule has 0 bridgehead atoms. The van der Waals surface area contributed by atoms with Gasteiger partial charge in [-0.05, 0) is 48.9 Å². The topological polar surface area (TPSA) is 97.0 Å². The fraction of sp³-hybridized carbons (Fsp3) is 0.286. The molecule has 1 heterocycles. The lowest BCUT2D eigenvalue weighted by molar-refractivity contribution is -0.274. The Morgan fingerprint density at radius 2 is 1.70 bits per heavy atom. The quantitative estimate of drug-likeness (QED) is 0.442. The van der Waals surface area contributed by atoms with Crippen LogP contribution < -0.4 is 20.1 Å². The summed E-state index contributed by atoms with van der Waals surface area (Å²) < 4.78 is 46.2. The predicted octanol–water partition coefficient (Wildman–Crippen LogP) is 3.20. The van der Waals surface area contributed by atoms with Crippen LogP contribution in [0.4, 0.5) is 18.0 Å². The first-order chi connectivity index (χ1) is 15.5. The van der Waals surface area contributed by atoms with Gasteiger partial charge in [0.25, 0.3) is 5.91 Å². The summed E-state index contributed by atoms with van der Waals surface area (Å²) in [5, 5.41) is 5.57. The monoisotopic (exact) mass is 485 g/mol. The first-order valence-electron chi connectivity index (χ1n) is 9.63. The molecule has 3 rings (SSSR count). The summed E-state index contributed by atoms with van der Waals surface area (Å²) in [6.07, 6.45) is -4.85. The van der Waals surface area contributed by atoms with Crippen LogP contribution >= 0.6 is 11.6 Å². The summed E-state index contributed by atoms with van der Waals surface area (Å²) in [4.78, 5) is 38.1. The Bertz CT molecular complexity index is 1030. The lowest BCUT2D eigenvalue weighted by Gasteiger charge is -2.22. The number of amides is 4. The van der Waals surface area contributed by atoms with Crippen molar-refractivity contribution < 1.29 is 37.0 Å². The minimum Gasteiger partial charge on any atom is -0.492 e. The minimum absolute atomic E-state index is 0.128. The molecule has 0 saturated carbocycles. The van der Waals surface area contributed by atoms with Gasteiger partial charge in [0.1, 0.15) is 30.2 Å². The van der Waals surface area contributed by atoms with Crippen molar-refractivity contribution in [2.45, 2.75) is 18.8 Å². The van der Waals surface area contributed by atoms with Crippen molar-refractivity contribution in [3.05, 3.63) is 59.1 Å². The lowest BCUT2D eigenvalue weighted by Crippen LogP contribution is -2.43. The molecule has 0 aromatic heterocycles. The van der Waals surface area contributed by atoms with Gasteiger partial charge in [0, 0.05) is 5.02 Å². The number of hydrogen-bond acceptors (Lipinski definition) is 5. The van der Waals surface area contributed by atoms with Crippen LogP contribution in [0.25, 0.3) is 0 Å². The molecule has 1 aliphatic rings. The van der Waals surface area contributed by atoms with Gasteiger partial charge in [-0.25, -0.2) is 4.79 Å². The van der Waals surface area contributed by atoms with Crippen molar-refractivity contribution in [3.63, 3.8) is 0 Å². The van der Waals surface area contributed by atoms with Crippen molar-refractivity contribution in [2.24, 2.45) is 0 Å². The molecule has 4 amide bonds. The third kappa shape index (κ3) is 6.07. The second-order valence-corrected chi connectivity index (χ2v) is 7.61. The Hall–Kier alpha value is -3.47. The van der Waals surface area contributed by atoms with Crippen molar-refractivity contribution >= 4 is 29.4 Å². The van der Waals surface area contributed by atoms with E-state index in [2.05, 4.69) is 15.4 Å². The molecule has 176 valence electrons. The van der Waals surface area contributed by atoms with E-state index in [4.69, 9.17) is 16.3 Å². The van der Waals surface area contributed by atoms with E-state index in [1.54, 1.807) is 24.3 Å². The number of hydrogen-bond donors (Lipinski definition) is 2. The van der Waals surface area contributed by atoms with Gasteiger partial charge in [-0.1, -0.05) is 23.7 Å². The first-order valence-corrected chi connectivity index (χ1v) is 10.0. The normalized spacial score (nSPS) is 18.2. The van der Waals surface area contributed by atoms with Gasteiger partial charge < -0.3 is 20.1 Å². The van der Waals surface area contributed by atoms with Gasteiger partial charge >= 0.3 is 12.4 Å². The highest BCUT2D eigenvalue weighted by Gasteiger charge is 2.49. The van der Waals surface area contributed by atoms with E-state index in [-0.39, 0.29) is 18.7 Å². The van der Waals surface area contributed by atoms with E-state index in [9.17, 15) is 27.6 Å². The van der Waals surface area contributed by atoms with Gasteiger partial charge in [-0.2, -0.15) is 0 Å². The molecule has 1 saturated heterocycles. The first kappa shape index (κ1) is 24.2. The Labute approximate surface area is 191 Å². The largest absolute Gasteiger partial charge is 0.573 e. The van der Waals surface area contributed by atoms with Gasteiger partial charge in [0.15, 0.2) is 0 Å². The molecule has 0 aliphatic carbocycles. The summed E-state index contributed by atoms with van der Waals surface area (Å²) in [7, 11) is 0. The summed E-state index contributed by atoms with van der Waals surface area (Å²) in [6.45, 7) is 1.14. The maximum Gasteiger partial charge on any atom is 0.573 e. The Morgan fingerprint density at radius 3 is 2.30 bits per heavy atom. The number of urea groups is 1. The van der Waals surface area contributed by atoms with Crippen molar-refractivity contribution in [1.29, 1.82) is 0 Å². The highest BCUT2D eigenvalue weighted by molar-refractivity contribution is 6.30. The zero-order chi connectivity index (χ0) is 24.2. The van der Waals surface area contributed by atoms with Gasteiger partial charge in [-0.3, -0.25) is 14.5 Å². The van der Waals surface area contributed by atoms with E-state index in [1.165, 1.54) is 19.1 Å². The summed E-state index contributed by atoms with van der Waals surface area (Å²) >= 11 is 5.78. The zero-order valence-electron chi connectivity index (χ0n) is 17.2. The van der Waals surface area contributed by atoms with Crippen molar-refractivity contribution in [3.8, 4) is 11.5 Å². The van der Waals surface area contributed by atoms with E-state index < -0.39 is 42.0 Å². The average Bonchev–Trinajstić information content (AvgIpc) is 2.96. The van der Waals surface area contributed by atoms with Crippen molar-refractivity contribution in [1.82, 2.24) is 15.5 Å². The van der Waals surface area contributed by atoms with E-state index >= 15 is 0 Å². The van der Waals surface area contributed by atoms with Crippen LogP contribution in [-0.2, 0) is 15.1 Å². The van der Waals surface area contributed by atoms with Crippen molar-refractivity contribution in [2.75, 3.05) is 19.7 Å². The highest BCUT2D eigenvalue weighted by atomic mass is 35.5. The van der Waals surface area contributed by atoms with Crippen LogP contribution in [0.5, 0.6) is 11.5 Å². The maximum atomic E-state index is 12.8. The van der Waals surface area contributed by atoms with E-state index in [0.717, 1.165) is 17.0 Å². The number of imide groups is 1. The van der Waals surface area contributed by atoms with Crippen LogP contribution in [0, 0.1) is 0 Å². The SMILES string of the molecule is CC1(c2ccc(OC(F)(F)F)cc2)NC(=O)N(CC(=O)NCCOc2ccc(Cl)cc2)C1=O.